The fraction of sp³-hybridized carbons (Fsp3) is 0.947. The number of esters is 1. The molecule has 1 N–H and O–H groups in total. The summed E-state index contributed by atoms with van der Waals surface area (Å²) in [4.78, 5) is 11.4. The Kier molecular flexibility index (Phi) is 20.6. The molecule has 0 aliphatic heterocycles. The van der Waals surface area contributed by atoms with Gasteiger partial charge in [-0.1, -0.05) is 90.4 Å². The van der Waals surface area contributed by atoms with Gasteiger partial charge in [-0.25, -0.2) is 0 Å². The Labute approximate surface area is 183 Å². The fourth-order valence-electron chi connectivity index (χ4n) is 2.71. The minimum absolute atomic E-state index is 0. The van der Waals surface area contributed by atoms with E-state index in [2.05, 4.69) is 6.92 Å². The van der Waals surface area contributed by atoms with Gasteiger partial charge >= 0.3 is 35.5 Å². The fourth-order valence-corrected chi connectivity index (χ4v) is 3.02. The molecule has 0 aliphatic rings. The van der Waals surface area contributed by atoms with E-state index in [0.29, 0.717) is 0 Å². The molecule has 0 aromatic heterocycles. The third-order valence-corrected chi connectivity index (χ3v) is 5.61. The molecule has 152 valence electrons. The molecule has 0 saturated heterocycles. The third-order valence-electron chi connectivity index (χ3n) is 4.52. The molecule has 7 heteroatoms. The van der Waals surface area contributed by atoms with Crippen LogP contribution in [0, 0.1) is 0 Å². The van der Waals surface area contributed by atoms with E-state index in [1.54, 1.807) is 0 Å². The van der Waals surface area contributed by atoms with Crippen molar-refractivity contribution >= 4 is 45.6 Å². The Morgan fingerprint density at radius 3 is 1.50 bits per heavy atom. The predicted molar refractivity (Wildman–Crippen MR) is 109 cm³/mol. The first-order valence-corrected chi connectivity index (χ1v) is 11.5. The third kappa shape index (κ3) is 17.8. The van der Waals surface area contributed by atoms with Crippen molar-refractivity contribution in [2.24, 2.45) is 0 Å². The second kappa shape index (κ2) is 18.7. The average molecular weight is 403 g/mol. The van der Waals surface area contributed by atoms with Crippen LogP contribution in [0.25, 0.3) is 0 Å². The van der Waals surface area contributed by atoms with Crippen molar-refractivity contribution in [2.75, 3.05) is 6.61 Å². The quantitative estimate of drug-likeness (QED) is 0.166. The van der Waals surface area contributed by atoms with Gasteiger partial charge in [0.25, 0.3) is 10.1 Å². The maximum atomic E-state index is 11.4. The van der Waals surface area contributed by atoms with Crippen LogP contribution in [-0.2, 0) is 19.6 Å². The summed E-state index contributed by atoms with van der Waals surface area (Å²) in [7, 11) is -4.35. The summed E-state index contributed by atoms with van der Waals surface area (Å²) >= 11 is 0. The van der Waals surface area contributed by atoms with Gasteiger partial charge in [0, 0.05) is 0 Å². The summed E-state index contributed by atoms with van der Waals surface area (Å²) in [5.74, 6) is -0.878. The van der Waals surface area contributed by atoms with E-state index in [4.69, 9.17) is 9.29 Å². The van der Waals surface area contributed by atoms with Gasteiger partial charge in [0.15, 0.2) is 5.25 Å². The van der Waals surface area contributed by atoms with Crippen LogP contribution in [0.15, 0.2) is 0 Å². The summed E-state index contributed by atoms with van der Waals surface area (Å²) in [6, 6.07) is 0. The molecule has 0 spiro atoms. The van der Waals surface area contributed by atoms with Gasteiger partial charge < -0.3 is 4.74 Å². The van der Waals surface area contributed by atoms with Gasteiger partial charge in [-0.3, -0.25) is 9.35 Å². The van der Waals surface area contributed by atoms with Crippen molar-refractivity contribution in [3.8, 4) is 0 Å². The molecule has 0 bridgehead atoms. The van der Waals surface area contributed by atoms with E-state index in [1.807, 2.05) is 0 Å². The van der Waals surface area contributed by atoms with Gasteiger partial charge in [0.1, 0.15) is 0 Å². The molecule has 0 aromatic carbocycles. The number of carbonyl (C=O) groups is 1. The second-order valence-electron chi connectivity index (χ2n) is 6.92. The molecule has 1 atom stereocenters. The summed E-state index contributed by atoms with van der Waals surface area (Å²) in [5.41, 5.74) is 0. The van der Waals surface area contributed by atoms with E-state index in [1.165, 1.54) is 70.6 Å². The number of carbonyl (C=O) groups excluding carboxylic acids is 1. The first-order valence-electron chi connectivity index (χ1n) is 10.0. The Morgan fingerprint density at radius 1 is 0.808 bits per heavy atom. The van der Waals surface area contributed by atoms with Gasteiger partial charge in [-0.15, -0.1) is 0 Å². The number of hydrogen-bond acceptors (Lipinski definition) is 4. The molecular formula is C19H39NaO5S. The zero-order valence-electron chi connectivity index (χ0n) is 16.2. The molecule has 0 heterocycles. The normalized spacial score (nSPS) is 12.4. The van der Waals surface area contributed by atoms with Crippen LogP contribution in [0.4, 0.5) is 0 Å². The number of ether oxygens (including phenoxy) is 1. The first-order chi connectivity index (χ1) is 11.9. The minimum atomic E-state index is -4.35. The average Bonchev–Trinajstić information content (AvgIpc) is 2.56. The summed E-state index contributed by atoms with van der Waals surface area (Å²) < 4.78 is 35.2. The van der Waals surface area contributed by atoms with Crippen molar-refractivity contribution in [1.82, 2.24) is 0 Å². The van der Waals surface area contributed by atoms with Crippen molar-refractivity contribution in [3.05, 3.63) is 0 Å². The van der Waals surface area contributed by atoms with Gasteiger partial charge in [-0.05, 0) is 13.3 Å². The van der Waals surface area contributed by atoms with E-state index < -0.39 is 21.3 Å². The second-order valence-corrected chi connectivity index (χ2v) is 8.66. The van der Waals surface area contributed by atoms with Crippen LogP contribution in [0.1, 0.15) is 104 Å². The number of hydrogen-bond donors (Lipinski definition) is 1. The van der Waals surface area contributed by atoms with Gasteiger partial charge in [0.2, 0.25) is 0 Å². The molecule has 0 saturated carbocycles. The Balaban J connectivity index is 0. The topological polar surface area (TPSA) is 80.7 Å². The van der Waals surface area contributed by atoms with Crippen molar-refractivity contribution in [3.63, 3.8) is 0 Å². The van der Waals surface area contributed by atoms with Gasteiger partial charge in [-0.2, -0.15) is 8.42 Å². The molecular weight excluding hydrogens is 363 g/mol. The van der Waals surface area contributed by atoms with Crippen LogP contribution in [0.5, 0.6) is 0 Å². The molecule has 0 aliphatic carbocycles. The molecule has 0 aromatic rings. The van der Waals surface area contributed by atoms with Crippen LogP contribution >= 0.6 is 0 Å². The zero-order valence-corrected chi connectivity index (χ0v) is 17.0. The molecule has 0 radical (unpaired) electrons. The first kappa shape index (κ1) is 28.6. The molecule has 1 unspecified atom stereocenters. The van der Waals surface area contributed by atoms with E-state index in [0.717, 1.165) is 26.2 Å². The molecule has 5 nitrogen and oxygen atoms in total. The van der Waals surface area contributed by atoms with E-state index in [-0.39, 0.29) is 36.2 Å². The maximum absolute atomic E-state index is 11.4. The Bertz CT molecular complexity index is 426. The van der Waals surface area contributed by atoms with Crippen molar-refractivity contribution in [1.29, 1.82) is 0 Å². The summed E-state index contributed by atoms with van der Waals surface area (Å²) in [6.07, 6.45) is 17.5. The molecule has 0 fully saturated rings. The van der Waals surface area contributed by atoms with E-state index >= 15 is 0 Å². The SMILES string of the molecule is CCCCCCCCCCCCCCCCOC(=O)C(C)S(=O)(=O)O.[NaH]. The van der Waals surface area contributed by atoms with Gasteiger partial charge in [0.05, 0.1) is 6.61 Å². The number of rotatable bonds is 17. The molecule has 0 rings (SSSR count). The Hall–Kier alpha value is 0.380. The summed E-state index contributed by atoms with van der Waals surface area (Å²) in [6.45, 7) is 3.59. The van der Waals surface area contributed by atoms with Crippen molar-refractivity contribution in [2.45, 2.75) is 109 Å². The summed E-state index contributed by atoms with van der Waals surface area (Å²) in [5, 5.41) is -1.50. The predicted octanol–water partition coefficient (Wildman–Crippen LogP) is 4.64. The Morgan fingerprint density at radius 2 is 1.15 bits per heavy atom. The van der Waals surface area contributed by atoms with Crippen LogP contribution in [-0.4, -0.2) is 60.4 Å². The van der Waals surface area contributed by atoms with Crippen LogP contribution in [0.3, 0.4) is 0 Å². The van der Waals surface area contributed by atoms with E-state index in [9.17, 15) is 13.2 Å². The monoisotopic (exact) mass is 402 g/mol. The number of unbranched alkanes of at least 4 members (excludes halogenated alkanes) is 13. The van der Waals surface area contributed by atoms with Crippen LogP contribution < -0.4 is 0 Å². The molecule has 0 amide bonds. The van der Waals surface area contributed by atoms with Crippen molar-refractivity contribution < 1.29 is 22.5 Å². The standard InChI is InChI=1S/C19H38O5S.Na.H/c1-3-4-5-6-7-8-9-10-11-12-13-14-15-16-17-24-19(20)18(2)25(21,22)23;;/h18H,3-17H2,1-2H3,(H,21,22,23);;. The zero-order chi connectivity index (χ0) is 19.0. The molecule has 26 heavy (non-hydrogen) atoms. The van der Waals surface area contributed by atoms with Crippen LogP contribution in [0.2, 0.25) is 0 Å².